The van der Waals surface area contributed by atoms with Gasteiger partial charge in [0, 0.05) is 49.7 Å². The van der Waals surface area contributed by atoms with E-state index in [4.69, 9.17) is 0 Å². The summed E-state index contributed by atoms with van der Waals surface area (Å²) in [6.45, 7) is 7.88. The number of hydrogen-bond donors (Lipinski definition) is 2. The van der Waals surface area contributed by atoms with Crippen molar-refractivity contribution in [2.75, 3.05) is 31.5 Å². The number of benzene rings is 1. The number of hydrogen-bond acceptors (Lipinski definition) is 4. The van der Waals surface area contributed by atoms with Crippen LogP contribution in [0.3, 0.4) is 0 Å². The summed E-state index contributed by atoms with van der Waals surface area (Å²) in [6, 6.07) is 12.6. The fourth-order valence-corrected chi connectivity index (χ4v) is 4.49. The van der Waals surface area contributed by atoms with Gasteiger partial charge in [0.05, 0.1) is 6.42 Å². The zero-order valence-corrected chi connectivity index (χ0v) is 19.3. The molecule has 2 fully saturated rings. The lowest BCUT2D eigenvalue weighted by Gasteiger charge is -2.37. The minimum Gasteiger partial charge on any atom is -0.346 e. The molecule has 0 unspecified atom stereocenters. The molecule has 172 valence electrons. The van der Waals surface area contributed by atoms with Crippen LogP contribution in [0, 0.1) is 5.92 Å². The van der Waals surface area contributed by atoms with E-state index in [0.717, 1.165) is 66.7 Å². The van der Waals surface area contributed by atoms with Crippen LogP contribution in [-0.2, 0) is 16.0 Å². The number of fused-ring (bicyclic) bond motifs is 1. The van der Waals surface area contributed by atoms with Crippen LogP contribution in [0.4, 0.5) is 5.82 Å². The molecule has 5 rings (SSSR count). The number of piperazine rings is 1. The van der Waals surface area contributed by atoms with Crippen molar-refractivity contribution in [3.63, 3.8) is 0 Å². The van der Waals surface area contributed by atoms with Crippen LogP contribution in [0.2, 0.25) is 0 Å². The van der Waals surface area contributed by atoms with Gasteiger partial charge in [-0.3, -0.25) is 14.5 Å². The molecular formula is C26H31N5O2. The van der Waals surface area contributed by atoms with Crippen molar-refractivity contribution in [1.29, 1.82) is 0 Å². The summed E-state index contributed by atoms with van der Waals surface area (Å²) in [6.07, 6.45) is 4.19. The first-order valence-electron chi connectivity index (χ1n) is 11.9. The predicted octanol–water partition coefficient (Wildman–Crippen LogP) is 3.67. The molecule has 2 N–H and O–H groups in total. The van der Waals surface area contributed by atoms with E-state index in [-0.39, 0.29) is 17.7 Å². The van der Waals surface area contributed by atoms with Gasteiger partial charge in [-0.2, -0.15) is 0 Å². The number of aromatic amines is 1. The molecule has 0 spiro atoms. The number of nitrogens with one attached hydrogen (secondary N) is 2. The zero-order chi connectivity index (χ0) is 22.9. The van der Waals surface area contributed by atoms with Crippen LogP contribution in [-0.4, -0.2) is 63.8 Å². The Balaban J connectivity index is 1.29. The molecule has 3 aromatic rings. The van der Waals surface area contributed by atoms with Crippen LogP contribution >= 0.6 is 0 Å². The highest BCUT2D eigenvalue weighted by atomic mass is 16.2. The highest BCUT2D eigenvalue weighted by Gasteiger charge is 2.30. The van der Waals surface area contributed by atoms with Gasteiger partial charge >= 0.3 is 0 Å². The maximum atomic E-state index is 12.8. The van der Waals surface area contributed by atoms with Gasteiger partial charge in [0.15, 0.2) is 0 Å². The Hall–Kier alpha value is -3.19. The fraction of sp³-hybridized carbons (Fsp3) is 0.423. The summed E-state index contributed by atoms with van der Waals surface area (Å²) >= 11 is 0. The molecule has 1 saturated heterocycles. The lowest BCUT2D eigenvalue weighted by molar-refractivity contribution is -0.132. The first-order chi connectivity index (χ1) is 16.0. The maximum Gasteiger partial charge on any atom is 0.228 e. The van der Waals surface area contributed by atoms with Gasteiger partial charge in [0.1, 0.15) is 11.5 Å². The molecule has 2 aliphatic rings. The van der Waals surface area contributed by atoms with Crippen LogP contribution in [0.15, 0.2) is 42.6 Å². The number of pyridine rings is 1. The van der Waals surface area contributed by atoms with E-state index in [0.29, 0.717) is 18.3 Å². The van der Waals surface area contributed by atoms with E-state index in [1.807, 2.05) is 47.5 Å². The smallest absolute Gasteiger partial charge is 0.228 e. The summed E-state index contributed by atoms with van der Waals surface area (Å²) in [5, 5.41) is 3.96. The maximum absolute atomic E-state index is 12.8. The lowest BCUT2D eigenvalue weighted by atomic mass is 10.0. The highest BCUT2D eigenvalue weighted by molar-refractivity contribution is 5.99. The molecule has 0 radical (unpaired) electrons. The molecule has 2 amide bonds. The Kier molecular flexibility index (Phi) is 5.89. The molecule has 2 aromatic heterocycles. The molecule has 0 bridgehead atoms. The molecule has 7 heteroatoms. The van der Waals surface area contributed by atoms with Crippen molar-refractivity contribution in [3.8, 4) is 11.1 Å². The normalized spacial score (nSPS) is 17.0. The van der Waals surface area contributed by atoms with Gasteiger partial charge in [-0.1, -0.05) is 24.3 Å². The Morgan fingerprint density at radius 2 is 1.82 bits per heavy atom. The van der Waals surface area contributed by atoms with Gasteiger partial charge in [0.2, 0.25) is 11.8 Å². The number of nitrogens with zero attached hydrogens (tertiary/aromatic N) is 3. The Morgan fingerprint density at radius 1 is 1.09 bits per heavy atom. The minimum atomic E-state index is 0.0439. The van der Waals surface area contributed by atoms with Crippen molar-refractivity contribution >= 4 is 28.7 Å². The van der Waals surface area contributed by atoms with E-state index in [9.17, 15) is 9.59 Å². The number of amides is 2. The second-order valence-electron chi connectivity index (χ2n) is 9.44. The van der Waals surface area contributed by atoms with Crippen LogP contribution in [0.5, 0.6) is 0 Å². The first kappa shape index (κ1) is 21.6. The van der Waals surface area contributed by atoms with Crippen molar-refractivity contribution in [3.05, 3.63) is 48.2 Å². The van der Waals surface area contributed by atoms with Crippen molar-refractivity contribution in [2.24, 2.45) is 5.92 Å². The van der Waals surface area contributed by atoms with Crippen molar-refractivity contribution in [2.45, 2.75) is 39.2 Å². The average Bonchev–Trinajstić information content (AvgIpc) is 3.57. The van der Waals surface area contributed by atoms with E-state index >= 15 is 0 Å². The van der Waals surface area contributed by atoms with Crippen LogP contribution < -0.4 is 5.32 Å². The SMILES string of the molecule is CC(C)N1CCN(C(=O)Cc2ccc(-c3cc(NC(=O)C4CC4)nc4[nH]ccc34)cc2)CC1. The number of aromatic nitrogens is 2. The Labute approximate surface area is 194 Å². The second-order valence-corrected chi connectivity index (χ2v) is 9.44. The summed E-state index contributed by atoms with van der Waals surface area (Å²) in [5.41, 5.74) is 3.80. The monoisotopic (exact) mass is 445 g/mol. The number of rotatable bonds is 6. The van der Waals surface area contributed by atoms with E-state index in [1.165, 1.54) is 0 Å². The summed E-state index contributed by atoms with van der Waals surface area (Å²) in [5.74, 6) is 0.923. The van der Waals surface area contributed by atoms with Crippen LogP contribution in [0.25, 0.3) is 22.2 Å². The summed E-state index contributed by atoms with van der Waals surface area (Å²) in [4.78, 5) is 37.1. The fourth-order valence-electron chi connectivity index (χ4n) is 4.49. The van der Waals surface area contributed by atoms with Gasteiger partial charge in [-0.25, -0.2) is 4.98 Å². The third-order valence-electron chi connectivity index (χ3n) is 6.75. The van der Waals surface area contributed by atoms with E-state index in [2.05, 4.69) is 34.0 Å². The van der Waals surface area contributed by atoms with E-state index < -0.39 is 0 Å². The average molecular weight is 446 g/mol. The van der Waals surface area contributed by atoms with Gasteiger partial charge in [-0.15, -0.1) is 0 Å². The molecule has 3 heterocycles. The van der Waals surface area contributed by atoms with Gasteiger partial charge in [-0.05, 0) is 55.5 Å². The minimum absolute atomic E-state index is 0.0439. The summed E-state index contributed by atoms with van der Waals surface area (Å²) < 4.78 is 0. The number of carbonyl (C=O) groups excluding carboxylic acids is 2. The van der Waals surface area contributed by atoms with E-state index in [1.54, 1.807) is 0 Å². The predicted molar refractivity (Wildman–Crippen MR) is 130 cm³/mol. The molecule has 7 nitrogen and oxygen atoms in total. The number of carbonyl (C=O) groups is 2. The van der Waals surface area contributed by atoms with Crippen LogP contribution in [0.1, 0.15) is 32.3 Å². The van der Waals surface area contributed by atoms with Crippen molar-refractivity contribution < 1.29 is 9.59 Å². The molecule has 1 aliphatic carbocycles. The third-order valence-corrected chi connectivity index (χ3v) is 6.75. The molecule has 33 heavy (non-hydrogen) atoms. The molecular weight excluding hydrogens is 414 g/mol. The largest absolute Gasteiger partial charge is 0.346 e. The summed E-state index contributed by atoms with van der Waals surface area (Å²) in [7, 11) is 0. The zero-order valence-electron chi connectivity index (χ0n) is 19.3. The Bertz CT molecular complexity index is 1160. The van der Waals surface area contributed by atoms with Crippen molar-refractivity contribution in [1.82, 2.24) is 19.8 Å². The second kappa shape index (κ2) is 8.98. The number of H-pyrrole nitrogens is 1. The standard InChI is InChI=1S/C26H31N5O2/c1-17(2)30-11-13-31(14-12-30)24(32)15-18-3-5-19(6-4-18)22-16-23(29-26(33)20-7-8-20)28-25-21(22)9-10-27-25/h3-6,9-10,16-17,20H,7-8,11-15H2,1-2H3,(H2,27,28,29,33). The Morgan fingerprint density at radius 3 is 2.48 bits per heavy atom. The molecule has 1 aromatic carbocycles. The number of anilines is 1. The first-order valence-corrected chi connectivity index (χ1v) is 11.9. The topological polar surface area (TPSA) is 81.3 Å². The highest BCUT2D eigenvalue weighted by Crippen LogP contribution is 2.33. The molecule has 1 saturated carbocycles. The lowest BCUT2D eigenvalue weighted by Crippen LogP contribution is -2.51. The molecule has 1 aliphatic heterocycles. The quantitative estimate of drug-likeness (QED) is 0.607. The third kappa shape index (κ3) is 4.78. The molecule has 0 atom stereocenters. The van der Waals surface area contributed by atoms with Gasteiger partial charge < -0.3 is 15.2 Å². The van der Waals surface area contributed by atoms with Gasteiger partial charge in [0.25, 0.3) is 0 Å².